The third-order valence-corrected chi connectivity index (χ3v) is 9.56. The van der Waals surface area contributed by atoms with Crippen LogP contribution >= 0.6 is 0 Å². The molecule has 0 saturated heterocycles. The van der Waals surface area contributed by atoms with E-state index in [2.05, 4.69) is 0 Å². The number of carboxylic acid groups (broad SMARTS) is 2. The minimum atomic E-state index is -1.60. The van der Waals surface area contributed by atoms with E-state index in [1.165, 1.54) is 36.5 Å². The zero-order chi connectivity index (χ0) is 28.7. The lowest BCUT2D eigenvalue weighted by molar-refractivity contribution is -0.148. The van der Waals surface area contributed by atoms with Gasteiger partial charge in [-0.1, -0.05) is 12.8 Å². The molecule has 38 heavy (non-hydrogen) atoms. The van der Waals surface area contributed by atoms with E-state index < -0.39 is 44.4 Å². The van der Waals surface area contributed by atoms with Crippen LogP contribution in [0.5, 0.6) is 0 Å². The Morgan fingerprint density at radius 1 is 0.684 bits per heavy atom. The van der Waals surface area contributed by atoms with Gasteiger partial charge in [-0.25, -0.2) is 8.42 Å². The van der Waals surface area contributed by atoms with Crippen molar-refractivity contribution in [2.45, 2.75) is 79.1 Å². The van der Waals surface area contributed by atoms with Crippen molar-refractivity contribution in [3.05, 3.63) is 56.1 Å². The van der Waals surface area contributed by atoms with Gasteiger partial charge in [0, 0.05) is 31.8 Å². The molecule has 0 aliphatic carbocycles. The smallest absolute Gasteiger partial charge is 0.309 e. The molecule has 0 fully saturated rings. The van der Waals surface area contributed by atoms with Crippen molar-refractivity contribution in [3.8, 4) is 0 Å². The molecule has 0 saturated carbocycles. The Bertz CT molecular complexity index is 1100. The summed E-state index contributed by atoms with van der Waals surface area (Å²) in [6.07, 6.45) is 12.1. The molecule has 208 valence electrons. The third kappa shape index (κ3) is 8.94. The summed E-state index contributed by atoms with van der Waals surface area (Å²) in [5, 5.41) is 18.5. The molecule has 0 aromatic rings. The Hall–Kier alpha value is -2.72. The summed E-state index contributed by atoms with van der Waals surface area (Å²) in [4.78, 5) is 48.3. The van der Waals surface area contributed by atoms with Crippen LogP contribution in [0.2, 0.25) is 0 Å². The number of carbonyl (C=O) groups excluding carboxylic acids is 2. The van der Waals surface area contributed by atoms with Crippen LogP contribution in [0.3, 0.4) is 0 Å². The highest BCUT2D eigenvalue weighted by molar-refractivity contribution is 7.93. The Kier molecular flexibility index (Phi) is 11.1. The Morgan fingerprint density at radius 3 is 1.34 bits per heavy atom. The van der Waals surface area contributed by atoms with Crippen LogP contribution in [0.15, 0.2) is 56.1 Å². The number of allylic oxidation sites excluding steroid dienone is 8. The van der Waals surface area contributed by atoms with Crippen LogP contribution in [0, 0.1) is 10.8 Å². The first kappa shape index (κ1) is 31.5. The van der Waals surface area contributed by atoms with E-state index in [1.54, 1.807) is 27.7 Å². The Labute approximate surface area is 228 Å². The molecule has 2 N–H and O–H groups in total. The molecule has 10 heteroatoms. The fourth-order valence-corrected chi connectivity index (χ4v) is 6.40. The Balaban J connectivity index is 1.97. The highest BCUT2D eigenvalue weighted by Gasteiger charge is 2.28. The van der Waals surface area contributed by atoms with Crippen LogP contribution in [-0.2, 0) is 40.8 Å². The van der Waals surface area contributed by atoms with Gasteiger partial charge < -0.3 is 10.2 Å². The van der Waals surface area contributed by atoms with Crippen LogP contribution in [0.25, 0.3) is 0 Å². The van der Waals surface area contributed by atoms with E-state index in [4.69, 9.17) is 0 Å². The quantitative estimate of drug-likeness (QED) is 0.278. The maximum absolute atomic E-state index is 13.0. The first-order chi connectivity index (χ1) is 17.6. The van der Waals surface area contributed by atoms with Gasteiger partial charge in [-0.2, -0.15) is 0 Å². The monoisotopic (exact) mass is 564 g/mol. The molecule has 2 unspecified atom stereocenters. The lowest BCUT2D eigenvalue weighted by Gasteiger charge is -2.19. The molecule has 0 bridgehead atoms. The second-order valence-corrected chi connectivity index (χ2v) is 13.8. The number of aliphatic carboxylic acids is 2. The molecule has 0 amide bonds. The summed E-state index contributed by atoms with van der Waals surface area (Å²) in [7, 11) is -3.19. The fourth-order valence-electron chi connectivity index (χ4n) is 3.86. The van der Waals surface area contributed by atoms with E-state index in [0.29, 0.717) is 61.2 Å². The van der Waals surface area contributed by atoms with Gasteiger partial charge in [0.25, 0.3) is 0 Å². The van der Waals surface area contributed by atoms with Gasteiger partial charge in [-0.3, -0.25) is 19.2 Å². The van der Waals surface area contributed by atoms with Crippen molar-refractivity contribution in [3.63, 3.8) is 0 Å². The molecule has 2 atom stereocenters. The van der Waals surface area contributed by atoms with Gasteiger partial charge in [0.1, 0.15) is 0 Å². The molecule has 8 nitrogen and oxygen atoms in total. The normalized spacial score (nSPS) is 20.6. The lowest BCUT2D eigenvalue weighted by atomic mass is 9.87. The topological polar surface area (TPSA) is 143 Å². The maximum atomic E-state index is 13.0. The first-order valence-corrected chi connectivity index (χ1v) is 14.8. The van der Waals surface area contributed by atoms with Crippen molar-refractivity contribution in [2.24, 2.45) is 10.8 Å². The van der Waals surface area contributed by atoms with Gasteiger partial charge in [0.05, 0.1) is 32.4 Å². The predicted molar refractivity (Wildman–Crippen MR) is 148 cm³/mol. The van der Waals surface area contributed by atoms with Crippen molar-refractivity contribution in [1.82, 2.24) is 0 Å². The van der Waals surface area contributed by atoms with Crippen LogP contribution in [0.4, 0.5) is 0 Å². The van der Waals surface area contributed by atoms with Crippen molar-refractivity contribution >= 4 is 45.1 Å². The minimum absolute atomic E-state index is 0.246. The van der Waals surface area contributed by atoms with Gasteiger partial charge in [-0.15, -0.1) is 0 Å². The molecule has 0 aromatic heterocycles. The summed E-state index contributed by atoms with van der Waals surface area (Å²) in [6, 6.07) is 0. The third-order valence-electron chi connectivity index (χ3n) is 6.60. The van der Waals surface area contributed by atoms with Crippen molar-refractivity contribution in [1.29, 1.82) is 0 Å². The number of hydrogen-bond acceptors (Lipinski definition) is 6. The molecule has 2 aliphatic rings. The molecule has 2 heterocycles. The summed E-state index contributed by atoms with van der Waals surface area (Å²) in [5.41, 5.74) is -1.71. The molecule has 2 rings (SSSR count). The van der Waals surface area contributed by atoms with Gasteiger partial charge in [0.15, 0.2) is 11.6 Å². The largest absolute Gasteiger partial charge is 0.481 e. The molecule has 0 radical (unpaired) electrons. The SMILES string of the molecule is CC(C)(CCCCC1=CC(=O)C=C(/C=C\C2=CC(=O)C=C(CCCCC(C)(C)C(=O)O)S2=O)S1=O)C(=O)O. The summed E-state index contributed by atoms with van der Waals surface area (Å²) in [6.45, 7) is 6.60. The highest BCUT2D eigenvalue weighted by Crippen LogP contribution is 2.30. The molecular weight excluding hydrogens is 528 g/mol. The standard InChI is InChI=1S/C28H36O8S2/c1-27(2,25(31)32)13-7-5-9-21-15-19(29)17-23(37(21)35)11-12-24-18-20(30)16-22(38(24)36)10-6-8-14-28(3,4)26(33)34/h11-12,15-18H,5-10,13-14H2,1-4H3,(H,31,32)(H,33,34)/b12-11-. The van der Waals surface area contributed by atoms with Gasteiger partial charge in [-0.05, 0) is 90.5 Å². The number of unbranched alkanes of at least 4 members (excludes halogenated alkanes) is 2. The number of rotatable bonds is 14. The summed E-state index contributed by atoms with van der Waals surface area (Å²) in [5.74, 6) is -2.39. The molecule has 2 aliphatic heterocycles. The number of carboxylic acids is 2. The van der Waals surface area contributed by atoms with E-state index in [0.717, 1.165) is 0 Å². The van der Waals surface area contributed by atoms with Gasteiger partial charge in [0.2, 0.25) is 0 Å². The first-order valence-electron chi connectivity index (χ1n) is 12.5. The number of hydrogen-bond donors (Lipinski definition) is 2. The zero-order valence-electron chi connectivity index (χ0n) is 22.3. The average Bonchev–Trinajstić information content (AvgIpc) is 2.82. The van der Waals surface area contributed by atoms with Crippen molar-refractivity contribution < 1.29 is 37.8 Å². The van der Waals surface area contributed by atoms with Crippen LogP contribution in [0.1, 0.15) is 79.1 Å². The molecule has 0 aromatic carbocycles. The number of ketones is 2. The maximum Gasteiger partial charge on any atom is 0.309 e. The van der Waals surface area contributed by atoms with E-state index >= 15 is 0 Å². The average molecular weight is 565 g/mol. The number of carbonyl (C=O) groups is 4. The molecule has 0 spiro atoms. The van der Waals surface area contributed by atoms with Crippen LogP contribution < -0.4 is 0 Å². The predicted octanol–water partition coefficient (Wildman–Crippen LogP) is 5.08. The lowest BCUT2D eigenvalue weighted by Crippen LogP contribution is -2.23. The van der Waals surface area contributed by atoms with Crippen molar-refractivity contribution in [2.75, 3.05) is 0 Å². The molecular formula is C28H36O8S2. The zero-order valence-corrected chi connectivity index (χ0v) is 23.9. The van der Waals surface area contributed by atoms with Gasteiger partial charge >= 0.3 is 11.9 Å². The second-order valence-electron chi connectivity index (χ2n) is 10.8. The highest BCUT2D eigenvalue weighted by atomic mass is 32.2. The van der Waals surface area contributed by atoms with E-state index in [1.807, 2.05) is 0 Å². The Morgan fingerprint density at radius 2 is 1.03 bits per heavy atom. The summed E-state index contributed by atoms with van der Waals surface area (Å²) < 4.78 is 26.0. The second kappa shape index (κ2) is 13.4. The summed E-state index contributed by atoms with van der Waals surface area (Å²) >= 11 is 0. The fraction of sp³-hybridized carbons (Fsp3) is 0.500. The minimum Gasteiger partial charge on any atom is -0.481 e. The van der Waals surface area contributed by atoms with Crippen LogP contribution in [-0.4, -0.2) is 42.1 Å². The van der Waals surface area contributed by atoms with E-state index in [-0.39, 0.29) is 21.4 Å². The van der Waals surface area contributed by atoms with E-state index in [9.17, 15) is 37.8 Å².